The van der Waals surface area contributed by atoms with Crippen LogP contribution in [0.1, 0.15) is 36.8 Å². The summed E-state index contributed by atoms with van der Waals surface area (Å²) >= 11 is 0. The summed E-state index contributed by atoms with van der Waals surface area (Å²) in [4.78, 5) is 0.134. The van der Waals surface area contributed by atoms with E-state index >= 15 is 0 Å². The molecule has 21 heavy (non-hydrogen) atoms. The van der Waals surface area contributed by atoms with Gasteiger partial charge in [0.2, 0.25) is 10.0 Å². The molecular weight excluding hydrogens is 293 g/mol. The van der Waals surface area contributed by atoms with Crippen LogP contribution in [0.5, 0.6) is 0 Å². The molecule has 0 spiro atoms. The van der Waals surface area contributed by atoms with E-state index in [-0.39, 0.29) is 17.4 Å². The predicted octanol–water partition coefficient (Wildman–Crippen LogP) is 2.27. The van der Waals surface area contributed by atoms with Crippen LogP contribution in [0.4, 0.5) is 4.39 Å². The van der Waals surface area contributed by atoms with Crippen molar-refractivity contribution < 1.29 is 17.9 Å². The van der Waals surface area contributed by atoms with Crippen LogP contribution in [-0.4, -0.2) is 26.2 Å². The number of hydrogen-bond acceptors (Lipinski definition) is 3. The monoisotopic (exact) mass is 315 g/mol. The van der Waals surface area contributed by atoms with E-state index in [0.29, 0.717) is 11.1 Å². The molecule has 2 N–H and O–H groups in total. The molecule has 1 saturated carbocycles. The summed E-state index contributed by atoms with van der Waals surface area (Å²) in [6.45, 7) is 3.39. The number of aryl methyl sites for hydroxylation is 2. The van der Waals surface area contributed by atoms with Crippen molar-refractivity contribution >= 4 is 10.0 Å². The zero-order chi connectivity index (χ0) is 15.6. The number of sulfonamides is 1. The van der Waals surface area contributed by atoms with Crippen LogP contribution < -0.4 is 4.72 Å². The Kier molecular flexibility index (Phi) is 5.01. The largest absolute Gasteiger partial charge is 0.393 e. The summed E-state index contributed by atoms with van der Waals surface area (Å²) in [6, 6.07) is 2.44. The zero-order valence-corrected chi connectivity index (χ0v) is 13.2. The van der Waals surface area contributed by atoms with Gasteiger partial charge in [-0.1, -0.05) is 12.8 Å². The van der Waals surface area contributed by atoms with Gasteiger partial charge in [-0.15, -0.1) is 0 Å². The number of nitrogens with one attached hydrogen (secondary N) is 1. The minimum absolute atomic E-state index is 0.0467. The molecule has 1 aromatic rings. The lowest BCUT2D eigenvalue weighted by molar-refractivity contribution is 0.0724. The highest BCUT2D eigenvalue weighted by atomic mass is 32.2. The van der Waals surface area contributed by atoms with Crippen LogP contribution in [0.2, 0.25) is 0 Å². The van der Waals surface area contributed by atoms with E-state index in [1.54, 1.807) is 13.8 Å². The Morgan fingerprint density at radius 1 is 1.24 bits per heavy atom. The summed E-state index contributed by atoms with van der Waals surface area (Å²) in [5.41, 5.74) is 0.786. The SMILES string of the molecule is Cc1cc(F)cc(C)c1S(=O)(=O)NCC1CCCCC1O. The van der Waals surface area contributed by atoms with E-state index in [1.807, 2.05) is 0 Å². The molecule has 2 atom stereocenters. The molecule has 0 aliphatic heterocycles. The smallest absolute Gasteiger partial charge is 0.241 e. The Hall–Kier alpha value is -0.980. The number of hydrogen-bond donors (Lipinski definition) is 2. The molecule has 6 heteroatoms. The van der Waals surface area contributed by atoms with Gasteiger partial charge in [0.05, 0.1) is 11.0 Å². The number of aliphatic hydroxyl groups is 1. The van der Waals surface area contributed by atoms with Crippen molar-refractivity contribution in [3.05, 3.63) is 29.1 Å². The molecule has 0 saturated heterocycles. The predicted molar refractivity (Wildman–Crippen MR) is 79.0 cm³/mol. The second-order valence-corrected chi connectivity index (χ2v) is 7.54. The standard InChI is InChI=1S/C15H22FNO3S/c1-10-7-13(16)8-11(2)15(10)21(19,20)17-9-12-5-3-4-6-14(12)18/h7-8,12,14,17-18H,3-6,9H2,1-2H3. The summed E-state index contributed by atoms with van der Waals surface area (Å²) in [7, 11) is -3.69. The van der Waals surface area contributed by atoms with Gasteiger partial charge in [-0.05, 0) is 55.9 Å². The maximum absolute atomic E-state index is 13.3. The van der Waals surface area contributed by atoms with Gasteiger partial charge >= 0.3 is 0 Å². The minimum atomic E-state index is -3.69. The third-order valence-corrected chi connectivity index (χ3v) is 5.83. The van der Waals surface area contributed by atoms with Crippen LogP contribution >= 0.6 is 0 Å². The van der Waals surface area contributed by atoms with Crippen molar-refractivity contribution in [2.45, 2.75) is 50.5 Å². The summed E-state index contributed by atoms with van der Waals surface area (Å²) in [5, 5.41) is 9.90. The van der Waals surface area contributed by atoms with Gasteiger partial charge in [0.25, 0.3) is 0 Å². The molecule has 1 fully saturated rings. The third-order valence-electron chi connectivity index (χ3n) is 4.10. The van der Waals surface area contributed by atoms with E-state index in [1.165, 1.54) is 12.1 Å². The normalized spacial score (nSPS) is 23.2. The fourth-order valence-corrected chi connectivity index (χ4v) is 4.58. The molecule has 1 aliphatic rings. The van der Waals surface area contributed by atoms with Crippen molar-refractivity contribution in [2.75, 3.05) is 6.54 Å². The molecule has 118 valence electrons. The average Bonchev–Trinajstić information content (AvgIpc) is 2.36. The Bertz CT molecular complexity index is 592. The summed E-state index contributed by atoms with van der Waals surface area (Å²) in [6.07, 6.45) is 3.10. The van der Waals surface area contributed by atoms with Gasteiger partial charge in [-0.25, -0.2) is 17.5 Å². The Morgan fingerprint density at radius 3 is 2.38 bits per heavy atom. The van der Waals surface area contributed by atoms with E-state index in [0.717, 1.165) is 25.7 Å². The molecule has 2 rings (SSSR count). The van der Waals surface area contributed by atoms with Crippen molar-refractivity contribution in [3.8, 4) is 0 Å². The molecule has 0 heterocycles. The molecule has 1 aliphatic carbocycles. The van der Waals surface area contributed by atoms with Gasteiger partial charge < -0.3 is 5.11 Å². The first-order valence-electron chi connectivity index (χ1n) is 7.26. The topological polar surface area (TPSA) is 66.4 Å². The summed E-state index contributed by atoms with van der Waals surface area (Å²) < 4.78 is 40.7. The Labute approximate surface area is 125 Å². The van der Waals surface area contributed by atoms with Crippen molar-refractivity contribution in [3.63, 3.8) is 0 Å². The highest BCUT2D eigenvalue weighted by Crippen LogP contribution is 2.25. The van der Waals surface area contributed by atoms with Crippen molar-refractivity contribution in [2.24, 2.45) is 5.92 Å². The maximum atomic E-state index is 13.3. The minimum Gasteiger partial charge on any atom is -0.393 e. The molecule has 0 radical (unpaired) electrons. The third kappa shape index (κ3) is 3.81. The van der Waals surface area contributed by atoms with Gasteiger partial charge in [-0.3, -0.25) is 0 Å². The first kappa shape index (κ1) is 16.4. The lowest BCUT2D eigenvalue weighted by Crippen LogP contribution is -2.37. The molecule has 4 nitrogen and oxygen atoms in total. The fraction of sp³-hybridized carbons (Fsp3) is 0.600. The van der Waals surface area contributed by atoms with Crippen molar-refractivity contribution in [1.29, 1.82) is 0 Å². The van der Waals surface area contributed by atoms with Crippen LogP contribution in [0.15, 0.2) is 17.0 Å². The molecule has 1 aromatic carbocycles. The fourth-order valence-electron chi connectivity index (χ4n) is 3.04. The molecule has 0 amide bonds. The van der Waals surface area contributed by atoms with Gasteiger partial charge in [0.15, 0.2) is 0 Å². The second-order valence-electron chi connectivity index (χ2n) is 5.83. The molecule has 2 unspecified atom stereocenters. The molecule has 0 bridgehead atoms. The van der Waals surface area contributed by atoms with Gasteiger partial charge in [-0.2, -0.15) is 0 Å². The quantitative estimate of drug-likeness (QED) is 0.896. The zero-order valence-electron chi connectivity index (χ0n) is 12.4. The molecular formula is C15H22FNO3S. The van der Waals surface area contributed by atoms with Gasteiger partial charge in [0, 0.05) is 6.54 Å². The second kappa shape index (κ2) is 6.42. The lowest BCUT2D eigenvalue weighted by atomic mass is 9.87. The van der Waals surface area contributed by atoms with Crippen molar-refractivity contribution in [1.82, 2.24) is 4.72 Å². The number of benzene rings is 1. The van der Waals surface area contributed by atoms with Crippen LogP contribution in [0, 0.1) is 25.6 Å². The molecule has 0 aromatic heterocycles. The van der Waals surface area contributed by atoms with E-state index in [4.69, 9.17) is 0 Å². The highest BCUT2D eigenvalue weighted by molar-refractivity contribution is 7.89. The first-order chi connectivity index (χ1) is 9.81. The number of halogens is 1. The average molecular weight is 315 g/mol. The Morgan fingerprint density at radius 2 is 1.81 bits per heavy atom. The Balaban J connectivity index is 2.15. The summed E-state index contributed by atoms with van der Waals surface area (Å²) in [5.74, 6) is -0.485. The maximum Gasteiger partial charge on any atom is 0.241 e. The van der Waals surface area contributed by atoms with E-state index in [2.05, 4.69) is 4.72 Å². The number of rotatable bonds is 4. The first-order valence-corrected chi connectivity index (χ1v) is 8.74. The lowest BCUT2D eigenvalue weighted by Gasteiger charge is -2.27. The van der Waals surface area contributed by atoms with E-state index < -0.39 is 21.9 Å². The van der Waals surface area contributed by atoms with Crippen LogP contribution in [-0.2, 0) is 10.0 Å². The highest BCUT2D eigenvalue weighted by Gasteiger charge is 2.26. The number of aliphatic hydroxyl groups excluding tert-OH is 1. The van der Waals surface area contributed by atoms with E-state index in [9.17, 15) is 17.9 Å². The van der Waals surface area contributed by atoms with Gasteiger partial charge in [0.1, 0.15) is 5.82 Å². The van der Waals surface area contributed by atoms with Crippen LogP contribution in [0.3, 0.4) is 0 Å². The van der Waals surface area contributed by atoms with Crippen LogP contribution in [0.25, 0.3) is 0 Å².